The Balaban J connectivity index is 0.00000280. The fourth-order valence-electron chi connectivity index (χ4n) is 2.79. The summed E-state index contributed by atoms with van der Waals surface area (Å²) in [6.07, 6.45) is 0. The molecule has 2 N–H and O–H groups in total. The minimum Gasteiger partial charge on any atom is -0.497 e. The lowest BCUT2D eigenvalue weighted by Gasteiger charge is -2.27. The van der Waals surface area contributed by atoms with Gasteiger partial charge in [-0.2, -0.15) is 0 Å². The van der Waals surface area contributed by atoms with Gasteiger partial charge in [-0.1, -0.05) is 6.07 Å². The third-order valence-corrected chi connectivity index (χ3v) is 4.23. The van der Waals surface area contributed by atoms with E-state index in [0.29, 0.717) is 35.8 Å². The molecule has 0 aromatic heterocycles. The first-order valence-corrected chi connectivity index (χ1v) is 8.82. The molecular weight excluding hydrogens is 382 g/mol. The third kappa shape index (κ3) is 5.87. The Morgan fingerprint density at radius 3 is 2.46 bits per heavy atom. The smallest absolute Gasteiger partial charge is 0.262 e. The number of piperazine rings is 1. The molecule has 2 amide bonds. The number of hydrogen-bond donors (Lipinski definition) is 2. The maximum atomic E-state index is 12.4. The van der Waals surface area contributed by atoms with Gasteiger partial charge in [0.1, 0.15) is 11.5 Å². The minimum absolute atomic E-state index is 0. The second kappa shape index (κ2) is 10.5. The maximum absolute atomic E-state index is 12.4. The van der Waals surface area contributed by atoms with Gasteiger partial charge in [0.05, 0.1) is 7.11 Å². The van der Waals surface area contributed by atoms with Gasteiger partial charge in [0.15, 0.2) is 6.61 Å². The zero-order valence-corrected chi connectivity index (χ0v) is 16.5. The Kier molecular flexibility index (Phi) is 8.10. The van der Waals surface area contributed by atoms with Gasteiger partial charge in [-0.05, 0) is 36.4 Å². The maximum Gasteiger partial charge on any atom is 0.262 e. The van der Waals surface area contributed by atoms with Crippen molar-refractivity contribution in [2.75, 3.05) is 45.2 Å². The summed E-state index contributed by atoms with van der Waals surface area (Å²) in [7, 11) is 1.57. The normalized spacial score (nSPS) is 13.2. The van der Waals surface area contributed by atoms with Crippen molar-refractivity contribution in [3.8, 4) is 11.5 Å². The van der Waals surface area contributed by atoms with E-state index in [9.17, 15) is 9.59 Å². The first kappa shape index (κ1) is 21.5. The van der Waals surface area contributed by atoms with Crippen LogP contribution in [0.3, 0.4) is 0 Å². The molecule has 2 aromatic carbocycles. The van der Waals surface area contributed by atoms with E-state index in [4.69, 9.17) is 9.47 Å². The largest absolute Gasteiger partial charge is 0.497 e. The number of methoxy groups -OCH3 is 1. The molecule has 3 rings (SSSR count). The molecular formula is C20H24ClN3O4. The molecule has 0 saturated carbocycles. The van der Waals surface area contributed by atoms with Gasteiger partial charge in [0, 0.05) is 43.5 Å². The van der Waals surface area contributed by atoms with Crippen molar-refractivity contribution in [3.05, 3.63) is 54.1 Å². The summed E-state index contributed by atoms with van der Waals surface area (Å²) in [5.41, 5.74) is 1.25. The zero-order valence-electron chi connectivity index (χ0n) is 15.6. The number of rotatable bonds is 6. The molecule has 1 heterocycles. The highest BCUT2D eigenvalue weighted by Crippen LogP contribution is 2.17. The highest BCUT2D eigenvalue weighted by molar-refractivity contribution is 5.94. The van der Waals surface area contributed by atoms with Crippen molar-refractivity contribution in [3.63, 3.8) is 0 Å². The van der Waals surface area contributed by atoms with Gasteiger partial charge in [-0.15, -0.1) is 12.4 Å². The van der Waals surface area contributed by atoms with Crippen LogP contribution in [0.4, 0.5) is 5.69 Å². The lowest BCUT2D eigenvalue weighted by atomic mass is 10.2. The average Bonchev–Trinajstić information content (AvgIpc) is 2.73. The van der Waals surface area contributed by atoms with Crippen LogP contribution in [-0.2, 0) is 4.79 Å². The van der Waals surface area contributed by atoms with Crippen molar-refractivity contribution in [1.82, 2.24) is 10.2 Å². The van der Waals surface area contributed by atoms with E-state index < -0.39 is 0 Å². The molecule has 0 atom stereocenters. The van der Waals surface area contributed by atoms with Gasteiger partial charge in [0.2, 0.25) is 0 Å². The number of hydrogen-bond acceptors (Lipinski definition) is 5. The van der Waals surface area contributed by atoms with Crippen molar-refractivity contribution in [2.24, 2.45) is 0 Å². The number of nitrogens with one attached hydrogen (secondary N) is 2. The monoisotopic (exact) mass is 405 g/mol. The van der Waals surface area contributed by atoms with Gasteiger partial charge in [-0.25, -0.2) is 0 Å². The van der Waals surface area contributed by atoms with Gasteiger partial charge >= 0.3 is 0 Å². The molecule has 0 unspecified atom stereocenters. The number of carbonyl (C=O) groups excluding carboxylic acids is 2. The van der Waals surface area contributed by atoms with E-state index in [1.165, 1.54) is 0 Å². The number of halogens is 1. The van der Waals surface area contributed by atoms with Crippen LogP contribution in [0.25, 0.3) is 0 Å². The van der Waals surface area contributed by atoms with Crippen molar-refractivity contribution in [2.45, 2.75) is 0 Å². The van der Waals surface area contributed by atoms with Crippen molar-refractivity contribution < 1.29 is 19.1 Å². The highest BCUT2D eigenvalue weighted by Gasteiger charge is 2.17. The van der Waals surface area contributed by atoms with Crippen LogP contribution in [0.2, 0.25) is 0 Å². The van der Waals surface area contributed by atoms with Crippen LogP contribution in [0.1, 0.15) is 10.4 Å². The number of anilines is 1. The summed E-state index contributed by atoms with van der Waals surface area (Å²) in [4.78, 5) is 26.3. The molecule has 0 aliphatic carbocycles. The summed E-state index contributed by atoms with van der Waals surface area (Å²) < 4.78 is 10.6. The van der Waals surface area contributed by atoms with E-state index in [-0.39, 0.29) is 30.8 Å². The number of nitrogens with zero attached hydrogens (tertiary/aromatic N) is 1. The summed E-state index contributed by atoms with van der Waals surface area (Å²) in [6, 6.07) is 14.0. The Morgan fingerprint density at radius 2 is 1.79 bits per heavy atom. The molecule has 0 spiro atoms. The van der Waals surface area contributed by atoms with E-state index in [2.05, 4.69) is 10.6 Å². The first-order valence-electron chi connectivity index (χ1n) is 8.82. The summed E-state index contributed by atoms with van der Waals surface area (Å²) in [5, 5.41) is 5.97. The van der Waals surface area contributed by atoms with Crippen LogP contribution < -0.4 is 20.1 Å². The van der Waals surface area contributed by atoms with Crippen LogP contribution in [0.15, 0.2) is 48.5 Å². The number of ether oxygens (including phenoxy) is 2. The molecule has 2 aromatic rings. The topological polar surface area (TPSA) is 79.9 Å². The van der Waals surface area contributed by atoms with Crippen LogP contribution in [0, 0.1) is 0 Å². The zero-order chi connectivity index (χ0) is 19.1. The third-order valence-electron chi connectivity index (χ3n) is 4.23. The standard InChI is InChI=1S/C20H23N3O4.ClH/c1-26-18-4-2-3-16(13-18)22-19(24)14-27-17-7-5-15(6-8-17)20(25)23-11-9-21-10-12-23;/h2-8,13,21H,9-12,14H2,1H3,(H,22,24);1H. The predicted molar refractivity (Wildman–Crippen MR) is 110 cm³/mol. The molecule has 0 bridgehead atoms. The molecule has 1 saturated heterocycles. The Morgan fingerprint density at radius 1 is 1.07 bits per heavy atom. The molecule has 150 valence electrons. The number of benzene rings is 2. The summed E-state index contributed by atoms with van der Waals surface area (Å²) >= 11 is 0. The highest BCUT2D eigenvalue weighted by atomic mass is 35.5. The fourth-order valence-corrected chi connectivity index (χ4v) is 2.79. The molecule has 8 heteroatoms. The molecule has 28 heavy (non-hydrogen) atoms. The van der Waals surface area contributed by atoms with Gasteiger partial charge in [0.25, 0.3) is 11.8 Å². The van der Waals surface area contributed by atoms with E-state index in [0.717, 1.165) is 13.1 Å². The van der Waals surface area contributed by atoms with E-state index in [1.807, 2.05) is 4.90 Å². The van der Waals surface area contributed by atoms with E-state index in [1.54, 1.807) is 55.6 Å². The van der Waals surface area contributed by atoms with Crippen LogP contribution in [-0.4, -0.2) is 56.6 Å². The van der Waals surface area contributed by atoms with Crippen molar-refractivity contribution in [1.29, 1.82) is 0 Å². The lowest BCUT2D eigenvalue weighted by molar-refractivity contribution is -0.118. The van der Waals surface area contributed by atoms with Gasteiger partial charge < -0.3 is 25.0 Å². The quantitative estimate of drug-likeness (QED) is 0.770. The molecule has 1 aliphatic rings. The van der Waals surface area contributed by atoms with E-state index >= 15 is 0 Å². The molecule has 1 aliphatic heterocycles. The SMILES string of the molecule is COc1cccc(NC(=O)COc2ccc(C(=O)N3CCNCC3)cc2)c1.Cl. The predicted octanol–water partition coefficient (Wildman–Crippen LogP) is 2.18. The molecule has 1 fully saturated rings. The Hall–Kier alpha value is -2.77. The van der Waals surface area contributed by atoms with Crippen molar-refractivity contribution >= 4 is 29.9 Å². The Bertz CT molecular complexity index is 792. The first-order chi connectivity index (χ1) is 13.2. The number of amides is 2. The average molecular weight is 406 g/mol. The lowest BCUT2D eigenvalue weighted by Crippen LogP contribution is -2.46. The van der Waals surface area contributed by atoms with Gasteiger partial charge in [-0.3, -0.25) is 9.59 Å². The molecule has 7 nitrogen and oxygen atoms in total. The second-order valence-corrected chi connectivity index (χ2v) is 6.14. The Labute approximate surface area is 170 Å². The summed E-state index contributed by atoms with van der Waals surface area (Å²) in [5.74, 6) is 0.939. The van der Waals surface area contributed by atoms with Crippen LogP contribution in [0.5, 0.6) is 11.5 Å². The molecule has 0 radical (unpaired) electrons. The minimum atomic E-state index is -0.274. The van der Waals surface area contributed by atoms with Crippen LogP contribution >= 0.6 is 12.4 Å². The second-order valence-electron chi connectivity index (χ2n) is 6.14. The fraction of sp³-hybridized carbons (Fsp3) is 0.300. The summed E-state index contributed by atoms with van der Waals surface area (Å²) in [6.45, 7) is 2.93. The number of carbonyl (C=O) groups is 2.